The van der Waals surface area contributed by atoms with E-state index in [9.17, 15) is 43.2 Å². The number of hydrogen-bond donors (Lipinski definition) is 3. The first-order chi connectivity index (χ1) is 50.6. The number of ether oxygens (including phenoxy) is 4. The summed E-state index contributed by atoms with van der Waals surface area (Å²) in [6.07, 6.45) is 63.9. The van der Waals surface area contributed by atoms with Gasteiger partial charge in [-0.1, -0.05) is 396 Å². The van der Waals surface area contributed by atoms with Gasteiger partial charge in [0.25, 0.3) is 0 Å². The summed E-state index contributed by atoms with van der Waals surface area (Å²) in [6, 6.07) is 0. The second kappa shape index (κ2) is 74.8. The minimum atomic E-state index is -4.97. The Hall–Kier alpha value is -1.94. The van der Waals surface area contributed by atoms with Crippen molar-refractivity contribution in [2.24, 2.45) is 23.7 Å². The molecule has 4 unspecified atom stereocenters. The SMILES string of the molecule is CCC(C)CCCCCCCCCCCCCCCCCCCCC(=O)O[C@H](COC(=O)CCCCCCCCCCCCCCCC(C)C)COP(=O)(O)OCC(O)COP(=O)(O)OC[C@@H](COC(=O)CCCCCCCCCC(C)C)OC(=O)CCCCCCCCCCCCCCCCC(C)C. The Morgan fingerprint density at radius 3 is 0.676 bits per heavy atom. The molecule has 0 aromatic carbocycles. The molecular formula is C86H168O17P2. The fourth-order valence-corrected chi connectivity index (χ4v) is 14.9. The molecule has 0 fully saturated rings. The van der Waals surface area contributed by atoms with Crippen molar-refractivity contribution in [2.45, 2.75) is 465 Å². The van der Waals surface area contributed by atoms with E-state index >= 15 is 0 Å². The molecule has 0 amide bonds. The maximum atomic E-state index is 13.1. The van der Waals surface area contributed by atoms with Crippen molar-refractivity contribution >= 4 is 39.5 Å². The third-order valence-corrected chi connectivity index (χ3v) is 22.3. The Morgan fingerprint density at radius 1 is 0.267 bits per heavy atom. The highest BCUT2D eigenvalue weighted by Crippen LogP contribution is 2.45. The molecule has 0 saturated heterocycles. The fraction of sp³-hybridized carbons (Fsp3) is 0.953. The first-order valence-corrected chi connectivity index (χ1v) is 47.2. The van der Waals surface area contributed by atoms with Gasteiger partial charge in [0.2, 0.25) is 0 Å². The van der Waals surface area contributed by atoms with E-state index in [1.807, 2.05) is 0 Å². The van der Waals surface area contributed by atoms with Gasteiger partial charge in [0.15, 0.2) is 12.2 Å². The molecule has 0 aliphatic rings. The van der Waals surface area contributed by atoms with Crippen LogP contribution in [0.2, 0.25) is 0 Å². The average Bonchev–Trinajstić information content (AvgIpc) is 0.916. The zero-order valence-electron chi connectivity index (χ0n) is 69.4. The van der Waals surface area contributed by atoms with Crippen LogP contribution in [0.3, 0.4) is 0 Å². The van der Waals surface area contributed by atoms with Crippen LogP contribution < -0.4 is 0 Å². The zero-order chi connectivity index (χ0) is 77.4. The van der Waals surface area contributed by atoms with Gasteiger partial charge < -0.3 is 33.8 Å². The van der Waals surface area contributed by atoms with Crippen LogP contribution in [-0.4, -0.2) is 96.7 Å². The smallest absolute Gasteiger partial charge is 0.462 e. The summed E-state index contributed by atoms with van der Waals surface area (Å²) >= 11 is 0. The number of esters is 4. The Morgan fingerprint density at radius 2 is 0.457 bits per heavy atom. The molecule has 105 heavy (non-hydrogen) atoms. The molecule has 0 aromatic rings. The van der Waals surface area contributed by atoms with Crippen LogP contribution in [0.5, 0.6) is 0 Å². The van der Waals surface area contributed by atoms with Crippen molar-refractivity contribution in [3.05, 3.63) is 0 Å². The van der Waals surface area contributed by atoms with Gasteiger partial charge in [-0.05, 0) is 49.4 Å². The highest BCUT2D eigenvalue weighted by atomic mass is 31.2. The van der Waals surface area contributed by atoms with Crippen LogP contribution in [-0.2, 0) is 65.4 Å². The number of carbonyl (C=O) groups excluding carboxylic acids is 4. The van der Waals surface area contributed by atoms with Gasteiger partial charge in [0.05, 0.1) is 26.4 Å². The summed E-state index contributed by atoms with van der Waals surface area (Å²) in [5.41, 5.74) is 0. The van der Waals surface area contributed by atoms with Crippen molar-refractivity contribution in [3.8, 4) is 0 Å². The van der Waals surface area contributed by atoms with Crippen LogP contribution >= 0.6 is 15.6 Å². The van der Waals surface area contributed by atoms with E-state index in [1.54, 1.807) is 0 Å². The molecule has 17 nitrogen and oxygen atoms in total. The lowest BCUT2D eigenvalue weighted by molar-refractivity contribution is -0.161. The molecule has 0 rings (SSSR count). The van der Waals surface area contributed by atoms with Crippen LogP contribution in [0.25, 0.3) is 0 Å². The van der Waals surface area contributed by atoms with Gasteiger partial charge >= 0.3 is 39.5 Å². The summed E-state index contributed by atoms with van der Waals surface area (Å²) in [5.74, 6) is 1.05. The average molecular weight is 1540 g/mol. The zero-order valence-corrected chi connectivity index (χ0v) is 71.2. The van der Waals surface area contributed by atoms with Crippen molar-refractivity contribution in [1.29, 1.82) is 0 Å². The molecular weight excluding hydrogens is 1370 g/mol. The van der Waals surface area contributed by atoms with E-state index in [2.05, 4.69) is 55.4 Å². The first-order valence-electron chi connectivity index (χ1n) is 44.2. The third-order valence-electron chi connectivity index (χ3n) is 20.4. The summed E-state index contributed by atoms with van der Waals surface area (Å²) < 4.78 is 68.9. The second-order valence-corrected chi connectivity index (χ2v) is 35.5. The van der Waals surface area contributed by atoms with Crippen LogP contribution in [0, 0.1) is 23.7 Å². The van der Waals surface area contributed by atoms with Gasteiger partial charge in [0, 0.05) is 25.7 Å². The van der Waals surface area contributed by atoms with Crippen LogP contribution in [0.4, 0.5) is 0 Å². The molecule has 0 aliphatic heterocycles. The Bertz CT molecular complexity index is 2040. The number of aliphatic hydroxyl groups is 1. The Labute approximate surface area is 645 Å². The maximum absolute atomic E-state index is 13.1. The van der Waals surface area contributed by atoms with Gasteiger partial charge in [-0.25, -0.2) is 9.13 Å². The Balaban J connectivity index is 5.22. The summed E-state index contributed by atoms with van der Waals surface area (Å²) in [6.45, 7) is 14.3. The minimum absolute atomic E-state index is 0.107. The molecule has 3 N–H and O–H groups in total. The summed E-state index contributed by atoms with van der Waals surface area (Å²) in [5, 5.41) is 10.7. The van der Waals surface area contributed by atoms with E-state index in [0.717, 1.165) is 114 Å². The second-order valence-electron chi connectivity index (χ2n) is 32.6. The number of unbranched alkanes of at least 4 members (excludes halogenated alkanes) is 48. The maximum Gasteiger partial charge on any atom is 0.472 e. The molecule has 6 atom stereocenters. The van der Waals surface area contributed by atoms with Gasteiger partial charge in [0.1, 0.15) is 19.3 Å². The summed E-state index contributed by atoms with van der Waals surface area (Å²) in [4.78, 5) is 73.2. The number of hydrogen-bond acceptors (Lipinski definition) is 15. The molecule has 0 spiro atoms. The van der Waals surface area contributed by atoms with Gasteiger partial charge in [-0.15, -0.1) is 0 Å². The number of aliphatic hydroxyl groups excluding tert-OH is 1. The van der Waals surface area contributed by atoms with E-state index < -0.39 is 97.5 Å². The van der Waals surface area contributed by atoms with E-state index in [-0.39, 0.29) is 25.7 Å². The van der Waals surface area contributed by atoms with Crippen LogP contribution in [0.15, 0.2) is 0 Å². The van der Waals surface area contributed by atoms with E-state index in [0.29, 0.717) is 31.6 Å². The quantitative estimate of drug-likeness (QED) is 0.0222. The molecule has 19 heteroatoms. The molecule has 0 aliphatic carbocycles. The van der Waals surface area contributed by atoms with Crippen molar-refractivity contribution in [2.75, 3.05) is 39.6 Å². The summed E-state index contributed by atoms with van der Waals surface area (Å²) in [7, 11) is -9.93. The predicted molar refractivity (Wildman–Crippen MR) is 432 cm³/mol. The predicted octanol–water partition coefficient (Wildman–Crippen LogP) is 25.9. The number of phosphoric acid groups is 2. The van der Waals surface area contributed by atoms with Crippen molar-refractivity contribution in [1.82, 2.24) is 0 Å². The highest BCUT2D eigenvalue weighted by Gasteiger charge is 2.31. The van der Waals surface area contributed by atoms with Crippen molar-refractivity contribution < 1.29 is 80.2 Å². The van der Waals surface area contributed by atoms with Gasteiger partial charge in [-0.2, -0.15) is 0 Å². The standard InChI is InChI=1S/C86H168O17P2/c1-9-79(8)65-57-49-41-33-27-21-14-12-10-11-13-15-22-29-35-43-52-60-68-85(90)102-81(72-96-83(88)66-58-50-42-34-28-24-18-20-26-32-39-47-55-63-77(4)5)74-100-104(92,93)98-70-80(87)71-99-105(94,95)101-75-82(73-97-84(89)67-59-51-45-37-40-48-56-64-78(6)7)103-86(91)69-61-53-44-36-30-23-17-16-19-25-31-38-46-54-62-76(2)3/h76-82,87H,9-75H2,1-8H3,(H,92,93)(H,94,95)/t79?,80?,81-,82-/m1/s1. The van der Waals surface area contributed by atoms with Crippen molar-refractivity contribution in [3.63, 3.8) is 0 Å². The van der Waals surface area contributed by atoms with Gasteiger partial charge in [-0.3, -0.25) is 37.3 Å². The highest BCUT2D eigenvalue weighted by molar-refractivity contribution is 7.47. The van der Waals surface area contributed by atoms with E-state index in [4.69, 9.17) is 37.0 Å². The minimum Gasteiger partial charge on any atom is -0.462 e. The molecule has 0 bridgehead atoms. The normalized spacial score (nSPS) is 14.2. The third kappa shape index (κ3) is 78.5. The largest absolute Gasteiger partial charge is 0.472 e. The lowest BCUT2D eigenvalue weighted by Gasteiger charge is -2.21. The topological polar surface area (TPSA) is 237 Å². The first kappa shape index (κ1) is 103. The van der Waals surface area contributed by atoms with E-state index in [1.165, 1.54) is 244 Å². The molecule has 0 heterocycles. The lowest BCUT2D eigenvalue weighted by atomic mass is 9.99. The molecule has 0 saturated carbocycles. The molecule has 0 radical (unpaired) electrons. The Kier molecular flexibility index (Phi) is 73.4. The number of carbonyl (C=O) groups is 4. The number of rotatable bonds is 83. The lowest BCUT2D eigenvalue weighted by Crippen LogP contribution is -2.30. The molecule has 624 valence electrons. The molecule has 0 aromatic heterocycles. The van der Waals surface area contributed by atoms with Crippen LogP contribution in [0.1, 0.15) is 447 Å². The monoisotopic (exact) mass is 1540 g/mol. The fourth-order valence-electron chi connectivity index (χ4n) is 13.3. The number of phosphoric ester groups is 2.